The summed E-state index contributed by atoms with van der Waals surface area (Å²) in [6.45, 7) is 9.68. The molecule has 0 spiro atoms. The molecular formula is C17H23ClN4. The van der Waals surface area contributed by atoms with E-state index in [1.807, 2.05) is 12.1 Å². The number of halogens is 1. The molecule has 3 rings (SSSR count). The predicted molar refractivity (Wildman–Crippen MR) is 88.2 cm³/mol. The van der Waals surface area contributed by atoms with Crippen molar-refractivity contribution in [1.29, 1.82) is 0 Å². The van der Waals surface area contributed by atoms with Crippen molar-refractivity contribution in [1.82, 2.24) is 19.7 Å². The van der Waals surface area contributed by atoms with E-state index in [1.54, 1.807) is 6.07 Å². The molecule has 0 unspecified atom stereocenters. The summed E-state index contributed by atoms with van der Waals surface area (Å²) >= 11 is 6.07. The third-order valence-corrected chi connectivity index (χ3v) is 4.39. The Bertz CT molecular complexity index is 671. The van der Waals surface area contributed by atoms with Gasteiger partial charge in [-0.3, -0.25) is 0 Å². The summed E-state index contributed by atoms with van der Waals surface area (Å²) in [4.78, 5) is 4.50. The van der Waals surface area contributed by atoms with Crippen molar-refractivity contribution in [3.8, 4) is 0 Å². The van der Waals surface area contributed by atoms with Gasteiger partial charge in [0, 0.05) is 12.5 Å². The van der Waals surface area contributed by atoms with Crippen LogP contribution in [0.15, 0.2) is 18.2 Å². The standard InChI is InChI=1S/C17H23ClN4/c1-11(2)10-22-15(12-8-9-12)20-21-16(22)17(3,4)13-6-5-7-14(18)19-13/h5-7,11-12H,8-10H2,1-4H3. The Morgan fingerprint density at radius 3 is 2.59 bits per heavy atom. The molecule has 1 saturated carbocycles. The Kier molecular flexibility index (Phi) is 3.98. The maximum absolute atomic E-state index is 6.07. The molecule has 0 N–H and O–H groups in total. The highest BCUT2D eigenvalue weighted by atomic mass is 35.5. The molecule has 1 fully saturated rings. The topological polar surface area (TPSA) is 43.6 Å². The highest BCUT2D eigenvalue weighted by Gasteiger charge is 2.36. The monoisotopic (exact) mass is 318 g/mol. The molecular weight excluding hydrogens is 296 g/mol. The second-order valence-electron chi connectivity index (χ2n) is 7.13. The largest absolute Gasteiger partial charge is 0.314 e. The van der Waals surface area contributed by atoms with Crippen molar-refractivity contribution in [2.24, 2.45) is 5.92 Å². The zero-order valence-corrected chi connectivity index (χ0v) is 14.4. The summed E-state index contributed by atoms with van der Waals surface area (Å²) in [5.41, 5.74) is 0.611. The molecule has 0 amide bonds. The van der Waals surface area contributed by atoms with Crippen LogP contribution < -0.4 is 0 Å². The number of hydrogen-bond acceptors (Lipinski definition) is 3. The van der Waals surface area contributed by atoms with E-state index in [0.29, 0.717) is 17.0 Å². The van der Waals surface area contributed by atoms with Crippen molar-refractivity contribution in [3.05, 3.63) is 40.7 Å². The number of hydrogen-bond donors (Lipinski definition) is 0. The first kappa shape index (κ1) is 15.5. The molecule has 2 aromatic rings. The molecule has 0 atom stereocenters. The lowest BCUT2D eigenvalue weighted by molar-refractivity contribution is 0.452. The van der Waals surface area contributed by atoms with Crippen LogP contribution in [0.2, 0.25) is 5.15 Å². The quantitative estimate of drug-likeness (QED) is 0.776. The van der Waals surface area contributed by atoms with E-state index in [4.69, 9.17) is 11.6 Å². The average Bonchev–Trinajstić information content (AvgIpc) is 3.20. The summed E-state index contributed by atoms with van der Waals surface area (Å²) in [5.74, 6) is 3.26. The minimum Gasteiger partial charge on any atom is -0.314 e. The van der Waals surface area contributed by atoms with Crippen LogP contribution in [0.5, 0.6) is 0 Å². The molecule has 5 heteroatoms. The van der Waals surface area contributed by atoms with Gasteiger partial charge in [-0.25, -0.2) is 4.98 Å². The molecule has 2 heterocycles. The van der Waals surface area contributed by atoms with Gasteiger partial charge >= 0.3 is 0 Å². The number of nitrogens with zero attached hydrogens (tertiary/aromatic N) is 4. The fourth-order valence-corrected chi connectivity index (χ4v) is 3.00. The Hall–Kier alpha value is -1.42. The smallest absolute Gasteiger partial charge is 0.144 e. The molecule has 0 bridgehead atoms. The number of pyridine rings is 1. The summed E-state index contributed by atoms with van der Waals surface area (Å²) in [6.07, 6.45) is 2.46. The summed E-state index contributed by atoms with van der Waals surface area (Å²) in [7, 11) is 0. The second kappa shape index (κ2) is 5.65. The average molecular weight is 319 g/mol. The second-order valence-corrected chi connectivity index (χ2v) is 7.52. The summed E-state index contributed by atoms with van der Waals surface area (Å²) < 4.78 is 2.31. The third-order valence-electron chi connectivity index (χ3n) is 4.18. The minimum atomic E-state index is -0.320. The lowest BCUT2D eigenvalue weighted by Crippen LogP contribution is -2.27. The van der Waals surface area contributed by atoms with Gasteiger partial charge in [0.2, 0.25) is 0 Å². The van der Waals surface area contributed by atoms with Crippen LogP contribution in [0, 0.1) is 5.92 Å². The lowest BCUT2D eigenvalue weighted by Gasteiger charge is -2.25. The van der Waals surface area contributed by atoms with E-state index < -0.39 is 0 Å². The molecule has 1 aliphatic rings. The van der Waals surface area contributed by atoms with Crippen LogP contribution in [0.25, 0.3) is 0 Å². The fourth-order valence-electron chi connectivity index (χ4n) is 2.84. The summed E-state index contributed by atoms with van der Waals surface area (Å²) in [6, 6.07) is 5.75. The molecule has 0 saturated heterocycles. The molecule has 0 aromatic carbocycles. The van der Waals surface area contributed by atoms with Crippen LogP contribution in [0.3, 0.4) is 0 Å². The van der Waals surface area contributed by atoms with Crippen LogP contribution in [-0.4, -0.2) is 19.7 Å². The van der Waals surface area contributed by atoms with Gasteiger partial charge in [-0.05, 0) is 44.7 Å². The first-order chi connectivity index (χ1) is 10.4. The zero-order valence-electron chi connectivity index (χ0n) is 13.7. The Labute approximate surface area is 136 Å². The van der Waals surface area contributed by atoms with Gasteiger partial charge in [-0.15, -0.1) is 10.2 Å². The predicted octanol–water partition coefficient (Wildman–Crippen LogP) is 4.19. The van der Waals surface area contributed by atoms with E-state index in [2.05, 4.69) is 47.4 Å². The van der Waals surface area contributed by atoms with Gasteiger partial charge in [0.05, 0.1) is 11.1 Å². The van der Waals surface area contributed by atoms with Gasteiger partial charge < -0.3 is 4.57 Å². The van der Waals surface area contributed by atoms with Crippen molar-refractivity contribution < 1.29 is 0 Å². The van der Waals surface area contributed by atoms with Gasteiger partial charge in [-0.1, -0.05) is 31.5 Å². The third kappa shape index (κ3) is 2.89. The highest BCUT2D eigenvalue weighted by Crippen LogP contribution is 2.41. The maximum atomic E-state index is 6.07. The lowest BCUT2D eigenvalue weighted by atomic mass is 9.87. The van der Waals surface area contributed by atoms with Crippen molar-refractivity contribution in [3.63, 3.8) is 0 Å². The Morgan fingerprint density at radius 1 is 1.27 bits per heavy atom. The fraction of sp³-hybridized carbons (Fsp3) is 0.588. The van der Waals surface area contributed by atoms with E-state index in [-0.39, 0.29) is 5.41 Å². The first-order valence-electron chi connectivity index (χ1n) is 7.96. The molecule has 118 valence electrons. The molecule has 1 aliphatic carbocycles. The van der Waals surface area contributed by atoms with Crippen molar-refractivity contribution >= 4 is 11.6 Å². The van der Waals surface area contributed by atoms with Gasteiger partial charge in [-0.2, -0.15) is 0 Å². The molecule has 0 aliphatic heterocycles. The Morgan fingerprint density at radius 2 is 2.00 bits per heavy atom. The summed E-state index contributed by atoms with van der Waals surface area (Å²) in [5, 5.41) is 9.55. The SMILES string of the molecule is CC(C)Cn1c(C2CC2)nnc1C(C)(C)c1cccc(Cl)n1. The van der Waals surface area contributed by atoms with E-state index in [9.17, 15) is 0 Å². The van der Waals surface area contributed by atoms with Crippen molar-refractivity contribution in [2.75, 3.05) is 0 Å². The highest BCUT2D eigenvalue weighted by molar-refractivity contribution is 6.29. The molecule has 22 heavy (non-hydrogen) atoms. The van der Waals surface area contributed by atoms with Gasteiger partial charge in [0.15, 0.2) is 0 Å². The zero-order chi connectivity index (χ0) is 15.9. The van der Waals surface area contributed by atoms with Crippen LogP contribution >= 0.6 is 11.6 Å². The normalized spacial score (nSPS) is 15.5. The van der Waals surface area contributed by atoms with E-state index in [1.165, 1.54) is 12.8 Å². The number of rotatable bonds is 5. The first-order valence-corrected chi connectivity index (χ1v) is 8.34. The molecule has 0 radical (unpaired) electrons. The molecule has 2 aromatic heterocycles. The van der Waals surface area contributed by atoms with Crippen LogP contribution in [-0.2, 0) is 12.0 Å². The minimum absolute atomic E-state index is 0.320. The van der Waals surface area contributed by atoms with Crippen LogP contribution in [0.1, 0.15) is 63.8 Å². The Balaban J connectivity index is 2.06. The number of aromatic nitrogens is 4. The van der Waals surface area contributed by atoms with Crippen molar-refractivity contribution in [2.45, 2.75) is 58.4 Å². The van der Waals surface area contributed by atoms with E-state index in [0.717, 1.165) is 23.9 Å². The maximum Gasteiger partial charge on any atom is 0.144 e. The van der Waals surface area contributed by atoms with E-state index >= 15 is 0 Å². The van der Waals surface area contributed by atoms with Gasteiger partial charge in [0.25, 0.3) is 0 Å². The van der Waals surface area contributed by atoms with Crippen LogP contribution in [0.4, 0.5) is 0 Å². The van der Waals surface area contributed by atoms with Gasteiger partial charge in [0.1, 0.15) is 16.8 Å². The molecule has 4 nitrogen and oxygen atoms in total.